The first-order valence-electron chi connectivity index (χ1n) is 7.71. The molecule has 0 radical (unpaired) electrons. The topological polar surface area (TPSA) is 52.5 Å². The Kier molecular flexibility index (Phi) is 3.28. The number of fused-ring (bicyclic) bond motifs is 1. The summed E-state index contributed by atoms with van der Waals surface area (Å²) in [4.78, 5) is 0. The van der Waals surface area contributed by atoms with Crippen LogP contribution in [0, 0.1) is 17.1 Å². The van der Waals surface area contributed by atoms with Gasteiger partial charge in [-0.25, -0.2) is 4.39 Å². The predicted molar refractivity (Wildman–Crippen MR) is 89.7 cm³/mol. The van der Waals surface area contributed by atoms with Crippen LogP contribution in [0.25, 0.3) is 6.08 Å². The molecule has 4 rings (SSSR count). The van der Waals surface area contributed by atoms with Gasteiger partial charge in [-0.05, 0) is 23.3 Å². The molecule has 0 spiro atoms. The molecule has 0 fully saturated rings. The van der Waals surface area contributed by atoms with Crippen LogP contribution >= 0.6 is 0 Å². The number of aromatic amines is 1. The average Bonchev–Trinajstić information content (AvgIpc) is 3.05. The minimum atomic E-state index is -0.415. The van der Waals surface area contributed by atoms with Gasteiger partial charge in [0.15, 0.2) is 5.69 Å². The molecule has 1 atom stereocenters. The fourth-order valence-corrected chi connectivity index (χ4v) is 3.40. The molecule has 0 saturated heterocycles. The number of nitriles is 1. The van der Waals surface area contributed by atoms with Crippen molar-refractivity contribution in [2.75, 3.05) is 0 Å². The minimum absolute atomic E-state index is 0.254. The van der Waals surface area contributed by atoms with Gasteiger partial charge in [0, 0.05) is 23.1 Å². The van der Waals surface area contributed by atoms with Crippen molar-refractivity contribution in [3.8, 4) is 6.07 Å². The first-order chi connectivity index (χ1) is 11.7. The van der Waals surface area contributed by atoms with Gasteiger partial charge >= 0.3 is 0 Å². The summed E-state index contributed by atoms with van der Waals surface area (Å²) in [5.74, 6) is -0.254. The zero-order valence-electron chi connectivity index (χ0n) is 12.8. The number of halogens is 1. The highest BCUT2D eigenvalue weighted by atomic mass is 19.1. The van der Waals surface area contributed by atoms with E-state index in [-0.39, 0.29) is 5.82 Å². The van der Waals surface area contributed by atoms with E-state index < -0.39 is 5.41 Å². The molecule has 1 aromatic heterocycles. The van der Waals surface area contributed by atoms with Gasteiger partial charge < -0.3 is 0 Å². The number of hydrogen-bond donors (Lipinski definition) is 1. The standard InChI is InChI=1S/C20H14FN3/c21-16-8-6-15(7-9-16)20(14-4-2-1-3-5-14)11-10-17-18(12-20)23-24-19(17)13-22/h1-11H,12H2,(H,23,24). The van der Waals surface area contributed by atoms with Crippen LogP contribution < -0.4 is 0 Å². The van der Waals surface area contributed by atoms with Gasteiger partial charge in [0.05, 0.1) is 0 Å². The molecule has 2 aromatic carbocycles. The van der Waals surface area contributed by atoms with Crippen LogP contribution in [0.3, 0.4) is 0 Å². The number of nitrogens with one attached hydrogen (secondary N) is 1. The molecule has 3 aromatic rings. The largest absolute Gasteiger partial charge is 0.281 e. The van der Waals surface area contributed by atoms with E-state index in [4.69, 9.17) is 5.26 Å². The minimum Gasteiger partial charge on any atom is -0.281 e. The first kappa shape index (κ1) is 14.4. The van der Waals surface area contributed by atoms with E-state index in [1.807, 2.05) is 36.4 Å². The summed E-state index contributed by atoms with van der Waals surface area (Å²) in [6.45, 7) is 0. The lowest BCUT2D eigenvalue weighted by molar-refractivity contribution is 0.606. The molecule has 1 unspecified atom stereocenters. The van der Waals surface area contributed by atoms with Gasteiger partial charge in [-0.2, -0.15) is 10.4 Å². The molecule has 0 saturated carbocycles. The number of benzene rings is 2. The highest BCUT2D eigenvalue weighted by Crippen LogP contribution is 2.41. The molecule has 1 heterocycles. The molecular weight excluding hydrogens is 301 g/mol. The Bertz CT molecular complexity index is 949. The first-order valence-corrected chi connectivity index (χ1v) is 7.71. The maximum Gasteiger partial charge on any atom is 0.169 e. The van der Waals surface area contributed by atoms with Gasteiger partial charge in [0.1, 0.15) is 11.9 Å². The molecule has 24 heavy (non-hydrogen) atoms. The van der Waals surface area contributed by atoms with Crippen LogP contribution in [0.15, 0.2) is 60.7 Å². The van der Waals surface area contributed by atoms with Gasteiger partial charge in [-0.3, -0.25) is 5.10 Å². The maximum atomic E-state index is 13.4. The number of H-pyrrole nitrogens is 1. The van der Waals surface area contributed by atoms with Crippen molar-refractivity contribution in [2.45, 2.75) is 11.8 Å². The third kappa shape index (κ3) is 2.14. The van der Waals surface area contributed by atoms with Gasteiger partial charge in [0.25, 0.3) is 0 Å². The van der Waals surface area contributed by atoms with Gasteiger partial charge in [-0.15, -0.1) is 0 Å². The fourth-order valence-electron chi connectivity index (χ4n) is 3.40. The number of nitrogens with zero attached hydrogens (tertiary/aromatic N) is 2. The number of rotatable bonds is 2. The van der Waals surface area contributed by atoms with Crippen LogP contribution in [0.1, 0.15) is 28.1 Å². The number of aromatic nitrogens is 2. The normalized spacial score (nSPS) is 18.8. The summed E-state index contributed by atoms with van der Waals surface area (Å²) in [7, 11) is 0. The average molecular weight is 315 g/mol. The van der Waals surface area contributed by atoms with Gasteiger partial charge in [-0.1, -0.05) is 54.6 Å². The van der Waals surface area contributed by atoms with E-state index in [1.165, 1.54) is 12.1 Å². The van der Waals surface area contributed by atoms with Crippen molar-refractivity contribution in [3.05, 3.63) is 94.6 Å². The van der Waals surface area contributed by atoms with Crippen LogP contribution in [0.5, 0.6) is 0 Å². The molecule has 0 aliphatic heterocycles. The van der Waals surface area contributed by atoms with Crippen LogP contribution in [-0.2, 0) is 11.8 Å². The van der Waals surface area contributed by atoms with E-state index in [0.717, 1.165) is 22.4 Å². The summed E-state index contributed by atoms with van der Waals surface area (Å²) in [6, 6.07) is 18.8. The highest BCUT2D eigenvalue weighted by Gasteiger charge is 2.36. The third-order valence-corrected chi connectivity index (χ3v) is 4.63. The predicted octanol–water partition coefficient (Wildman–Crippen LogP) is 3.98. The van der Waals surface area contributed by atoms with Crippen molar-refractivity contribution in [2.24, 2.45) is 0 Å². The second-order valence-electron chi connectivity index (χ2n) is 5.93. The lowest BCUT2D eigenvalue weighted by atomic mass is 9.68. The Morgan fingerprint density at radius 2 is 1.75 bits per heavy atom. The van der Waals surface area contributed by atoms with E-state index in [0.29, 0.717) is 12.1 Å². The Morgan fingerprint density at radius 3 is 2.46 bits per heavy atom. The summed E-state index contributed by atoms with van der Waals surface area (Å²) in [5, 5.41) is 16.2. The SMILES string of the molecule is N#Cc1n[nH]c2c1C=CC(c1ccccc1)(c1ccc(F)cc1)C2. The fraction of sp³-hybridized carbons (Fsp3) is 0.100. The third-order valence-electron chi connectivity index (χ3n) is 4.63. The lowest BCUT2D eigenvalue weighted by Gasteiger charge is -2.34. The molecule has 0 amide bonds. The zero-order valence-corrected chi connectivity index (χ0v) is 12.8. The summed E-state index contributed by atoms with van der Waals surface area (Å²) >= 11 is 0. The summed E-state index contributed by atoms with van der Waals surface area (Å²) in [5.41, 5.74) is 3.87. The van der Waals surface area contributed by atoms with Crippen LogP contribution in [0.4, 0.5) is 4.39 Å². The molecule has 116 valence electrons. The second-order valence-corrected chi connectivity index (χ2v) is 5.93. The summed E-state index contributed by atoms with van der Waals surface area (Å²) in [6.07, 6.45) is 4.68. The quantitative estimate of drug-likeness (QED) is 0.778. The molecule has 3 nitrogen and oxygen atoms in total. The molecule has 1 aliphatic rings. The number of hydrogen-bond acceptors (Lipinski definition) is 2. The monoisotopic (exact) mass is 315 g/mol. The molecule has 0 bridgehead atoms. The molecule has 1 aliphatic carbocycles. The molecular formula is C20H14FN3. The Morgan fingerprint density at radius 1 is 1.04 bits per heavy atom. The van der Waals surface area contributed by atoms with Gasteiger partial charge in [0.2, 0.25) is 0 Å². The summed E-state index contributed by atoms with van der Waals surface area (Å²) < 4.78 is 13.4. The van der Waals surface area contributed by atoms with Crippen molar-refractivity contribution in [1.29, 1.82) is 5.26 Å². The Labute approximate surface area is 139 Å². The molecule has 4 heteroatoms. The van der Waals surface area contributed by atoms with Crippen LogP contribution in [-0.4, -0.2) is 10.2 Å². The van der Waals surface area contributed by atoms with Crippen molar-refractivity contribution >= 4 is 6.08 Å². The van der Waals surface area contributed by atoms with E-state index in [1.54, 1.807) is 0 Å². The van der Waals surface area contributed by atoms with Crippen molar-refractivity contribution in [3.63, 3.8) is 0 Å². The highest BCUT2D eigenvalue weighted by molar-refractivity contribution is 5.66. The van der Waals surface area contributed by atoms with E-state index >= 15 is 0 Å². The Balaban J connectivity index is 1.91. The zero-order chi connectivity index (χ0) is 16.6. The second kappa shape index (κ2) is 5.47. The van der Waals surface area contributed by atoms with Crippen molar-refractivity contribution < 1.29 is 4.39 Å². The maximum absolute atomic E-state index is 13.4. The number of allylic oxidation sites excluding steroid dienone is 1. The lowest BCUT2D eigenvalue weighted by Crippen LogP contribution is -2.30. The van der Waals surface area contributed by atoms with E-state index in [9.17, 15) is 4.39 Å². The smallest absolute Gasteiger partial charge is 0.169 e. The van der Waals surface area contributed by atoms with E-state index in [2.05, 4.69) is 34.5 Å². The van der Waals surface area contributed by atoms with Crippen molar-refractivity contribution in [1.82, 2.24) is 10.2 Å². The molecule has 1 N–H and O–H groups in total. The van der Waals surface area contributed by atoms with Crippen LogP contribution in [0.2, 0.25) is 0 Å². The Hall–Kier alpha value is -3.19.